The first-order chi connectivity index (χ1) is 14.0. The van der Waals surface area contributed by atoms with E-state index >= 15 is 0 Å². The van der Waals surface area contributed by atoms with Gasteiger partial charge >= 0.3 is 11.8 Å². The van der Waals surface area contributed by atoms with Crippen LogP contribution >= 0.6 is 23.1 Å². The zero-order valence-corrected chi connectivity index (χ0v) is 17.6. The highest BCUT2D eigenvalue weighted by molar-refractivity contribution is 7.07. The number of aryl methyl sites for hydroxylation is 1. The molecule has 3 amide bonds. The highest BCUT2D eigenvalue weighted by atomic mass is 35.5. The van der Waals surface area contributed by atoms with Crippen molar-refractivity contribution in [2.24, 2.45) is 5.92 Å². The Morgan fingerprint density at radius 2 is 1.86 bits per heavy atom. The fraction of sp³-hybridized carbons (Fsp3) is 0.421. The summed E-state index contributed by atoms with van der Waals surface area (Å²) < 4.78 is 3.81. The molecule has 2 heterocycles. The summed E-state index contributed by atoms with van der Waals surface area (Å²) in [6, 6.07) is 7.14. The lowest BCUT2D eigenvalue weighted by molar-refractivity contribution is -0.139. The Hall–Kier alpha value is -2.52. The van der Waals surface area contributed by atoms with Crippen LogP contribution in [0.4, 0.5) is 0 Å². The predicted octanol–water partition coefficient (Wildman–Crippen LogP) is 1.78. The molecule has 29 heavy (non-hydrogen) atoms. The van der Waals surface area contributed by atoms with Crippen molar-refractivity contribution in [2.75, 3.05) is 19.6 Å². The SMILES string of the molecule is Cc1nnsc1C(=O)N1CCC(CNC(=O)C(=O)NCc2ccccc2Cl)CC1. The van der Waals surface area contributed by atoms with E-state index in [0.29, 0.717) is 35.2 Å². The molecule has 2 N–H and O–H groups in total. The maximum absolute atomic E-state index is 12.5. The van der Waals surface area contributed by atoms with Crippen molar-refractivity contribution < 1.29 is 14.4 Å². The molecule has 3 rings (SSSR count). The number of piperidine rings is 1. The molecule has 1 saturated heterocycles. The molecule has 1 aromatic carbocycles. The van der Waals surface area contributed by atoms with Crippen molar-refractivity contribution in [2.45, 2.75) is 26.3 Å². The number of carbonyl (C=O) groups is 3. The molecule has 154 valence electrons. The maximum Gasteiger partial charge on any atom is 0.309 e. The summed E-state index contributed by atoms with van der Waals surface area (Å²) in [7, 11) is 0. The Bertz CT molecular complexity index is 895. The van der Waals surface area contributed by atoms with E-state index < -0.39 is 11.8 Å². The number of benzene rings is 1. The molecule has 0 spiro atoms. The van der Waals surface area contributed by atoms with Crippen molar-refractivity contribution in [3.8, 4) is 0 Å². The van der Waals surface area contributed by atoms with Crippen LogP contribution in [0.15, 0.2) is 24.3 Å². The molecular weight excluding hydrogens is 414 g/mol. The highest BCUT2D eigenvalue weighted by Crippen LogP contribution is 2.20. The van der Waals surface area contributed by atoms with E-state index in [0.717, 1.165) is 29.9 Å². The zero-order chi connectivity index (χ0) is 20.8. The minimum absolute atomic E-state index is 0.0427. The minimum Gasteiger partial charge on any atom is -0.348 e. The van der Waals surface area contributed by atoms with Gasteiger partial charge in [0.2, 0.25) is 0 Å². The van der Waals surface area contributed by atoms with Gasteiger partial charge in [0.05, 0.1) is 5.69 Å². The first-order valence-electron chi connectivity index (χ1n) is 9.33. The molecule has 8 nitrogen and oxygen atoms in total. The number of nitrogens with zero attached hydrogens (tertiary/aromatic N) is 3. The van der Waals surface area contributed by atoms with E-state index in [1.807, 2.05) is 6.07 Å². The molecule has 0 aliphatic carbocycles. The number of likely N-dealkylation sites (tertiary alicyclic amines) is 1. The lowest BCUT2D eigenvalue weighted by atomic mass is 9.96. The van der Waals surface area contributed by atoms with Gasteiger partial charge in [-0.25, -0.2) is 0 Å². The van der Waals surface area contributed by atoms with Crippen LogP contribution in [0.5, 0.6) is 0 Å². The second-order valence-corrected chi connectivity index (χ2v) is 8.07. The number of halogens is 1. The van der Waals surface area contributed by atoms with Crippen molar-refractivity contribution in [1.29, 1.82) is 0 Å². The van der Waals surface area contributed by atoms with Crippen LogP contribution in [0, 0.1) is 12.8 Å². The summed E-state index contributed by atoms with van der Waals surface area (Å²) in [5, 5.41) is 9.67. The standard InChI is InChI=1S/C19H22ClN5O3S/c1-12-16(29-24-23-12)19(28)25-8-6-13(7-9-25)10-21-17(26)18(27)22-11-14-4-2-3-5-15(14)20/h2-5,13H,6-11H2,1H3,(H,21,26)(H,22,27). The first kappa shape index (κ1) is 21.2. The van der Waals surface area contributed by atoms with Gasteiger partial charge in [0.25, 0.3) is 5.91 Å². The van der Waals surface area contributed by atoms with Crippen LogP contribution in [-0.2, 0) is 16.1 Å². The van der Waals surface area contributed by atoms with Crippen molar-refractivity contribution in [3.63, 3.8) is 0 Å². The average molecular weight is 436 g/mol. The van der Waals surface area contributed by atoms with Crippen molar-refractivity contribution in [3.05, 3.63) is 45.4 Å². The number of nitrogens with one attached hydrogen (secondary N) is 2. The number of aromatic nitrogens is 2. The molecule has 1 fully saturated rings. The summed E-state index contributed by atoms with van der Waals surface area (Å²) >= 11 is 7.15. The summed E-state index contributed by atoms with van der Waals surface area (Å²) in [6.45, 7) is 3.58. The third-order valence-electron chi connectivity index (χ3n) is 4.90. The largest absolute Gasteiger partial charge is 0.348 e. The Labute approximate surface area is 177 Å². The molecule has 0 bridgehead atoms. The van der Waals surface area contributed by atoms with Crippen LogP contribution in [0.25, 0.3) is 0 Å². The molecule has 0 atom stereocenters. The number of carbonyl (C=O) groups excluding carboxylic acids is 3. The third kappa shape index (κ3) is 5.51. The molecule has 0 saturated carbocycles. The van der Waals surface area contributed by atoms with E-state index in [1.54, 1.807) is 30.0 Å². The fourth-order valence-corrected chi connectivity index (χ4v) is 3.95. The Balaban J connectivity index is 1.39. The quantitative estimate of drug-likeness (QED) is 0.696. The monoisotopic (exact) mass is 435 g/mol. The third-order valence-corrected chi connectivity index (χ3v) is 6.09. The minimum atomic E-state index is -0.689. The Kier molecular flexibility index (Phi) is 7.16. The number of hydrogen-bond donors (Lipinski definition) is 2. The number of hydrogen-bond acceptors (Lipinski definition) is 6. The summed E-state index contributed by atoms with van der Waals surface area (Å²) in [5.41, 5.74) is 1.40. The second-order valence-electron chi connectivity index (χ2n) is 6.91. The predicted molar refractivity (Wildman–Crippen MR) is 110 cm³/mol. The maximum atomic E-state index is 12.5. The van der Waals surface area contributed by atoms with E-state index in [4.69, 9.17) is 11.6 Å². The molecule has 0 radical (unpaired) electrons. The average Bonchev–Trinajstić information content (AvgIpc) is 3.17. The van der Waals surface area contributed by atoms with Crippen LogP contribution in [0.3, 0.4) is 0 Å². The number of amides is 3. The summed E-state index contributed by atoms with van der Waals surface area (Å²) in [4.78, 5) is 38.8. The van der Waals surface area contributed by atoms with Gasteiger partial charge in [0, 0.05) is 31.2 Å². The van der Waals surface area contributed by atoms with Gasteiger partial charge in [-0.3, -0.25) is 14.4 Å². The van der Waals surface area contributed by atoms with Crippen LogP contribution in [0.2, 0.25) is 5.02 Å². The van der Waals surface area contributed by atoms with E-state index in [1.165, 1.54) is 0 Å². The molecule has 1 aromatic heterocycles. The molecule has 10 heteroatoms. The lowest BCUT2D eigenvalue weighted by Gasteiger charge is -2.31. The number of rotatable bonds is 5. The summed E-state index contributed by atoms with van der Waals surface area (Å²) in [5.74, 6) is -1.17. The van der Waals surface area contributed by atoms with E-state index in [9.17, 15) is 14.4 Å². The normalized spacial score (nSPS) is 14.5. The van der Waals surface area contributed by atoms with Crippen LogP contribution in [-0.4, -0.2) is 51.8 Å². The molecule has 0 unspecified atom stereocenters. The highest BCUT2D eigenvalue weighted by Gasteiger charge is 2.26. The van der Waals surface area contributed by atoms with Gasteiger partial charge in [-0.05, 0) is 48.8 Å². The molecule has 1 aliphatic rings. The van der Waals surface area contributed by atoms with Crippen molar-refractivity contribution >= 4 is 40.9 Å². The van der Waals surface area contributed by atoms with Crippen molar-refractivity contribution in [1.82, 2.24) is 25.1 Å². The smallest absolute Gasteiger partial charge is 0.309 e. The Morgan fingerprint density at radius 1 is 1.17 bits per heavy atom. The molecular formula is C19H22ClN5O3S. The second kappa shape index (κ2) is 9.80. The van der Waals surface area contributed by atoms with Gasteiger partial charge in [0.15, 0.2) is 0 Å². The van der Waals surface area contributed by atoms with Gasteiger partial charge < -0.3 is 15.5 Å². The lowest BCUT2D eigenvalue weighted by Crippen LogP contribution is -2.44. The van der Waals surface area contributed by atoms with Gasteiger partial charge in [-0.15, -0.1) is 5.10 Å². The Morgan fingerprint density at radius 3 is 2.52 bits per heavy atom. The molecule has 1 aliphatic heterocycles. The summed E-state index contributed by atoms with van der Waals surface area (Å²) in [6.07, 6.45) is 1.52. The zero-order valence-electron chi connectivity index (χ0n) is 16.0. The first-order valence-corrected chi connectivity index (χ1v) is 10.5. The molecule has 2 aromatic rings. The fourth-order valence-electron chi connectivity index (χ4n) is 3.13. The van der Waals surface area contributed by atoms with Gasteiger partial charge in [-0.1, -0.05) is 34.3 Å². The van der Waals surface area contributed by atoms with Crippen LogP contribution < -0.4 is 10.6 Å². The van der Waals surface area contributed by atoms with Crippen LogP contribution in [0.1, 0.15) is 33.8 Å². The van der Waals surface area contributed by atoms with E-state index in [2.05, 4.69) is 20.2 Å². The van der Waals surface area contributed by atoms with E-state index in [-0.39, 0.29) is 18.4 Å². The van der Waals surface area contributed by atoms with Gasteiger partial charge in [0.1, 0.15) is 4.88 Å². The topological polar surface area (TPSA) is 104 Å². The van der Waals surface area contributed by atoms with Gasteiger partial charge in [-0.2, -0.15) is 0 Å².